The fourth-order valence-corrected chi connectivity index (χ4v) is 7.00. The summed E-state index contributed by atoms with van der Waals surface area (Å²) < 4.78 is 12.0. The molecule has 0 amide bonds. The molecule has 2 bridgehead atoms. The molecule has 3 aliphatic carbocycles. The van der Waals surface area contributed by atoms with Crippen LogP contribution in [-0.2, 0) is 14.3 Å². The predicted molar refractivity (Wildman–Crippen MR) is 104 cm³/mol. The molecule has 152 valence electrons. The van der Waals surface area contributed by atoms with E-state index in [0.717, 1.165) is 32.1 Å². The zero-order valence-corrected chi connectivity index (χ0v) is 17.9. The molecule has 1 saturated heterocycles. The van der Waals surface area contributed by atoms with Crippen LogP contribution in [-0.4, -0.2) is 35.0 Å². The second kappa shape index (κ2) is 5.82. The summed E-state index contributed by atoms with van der Waals surface area (Å²) >= 11 is 0. The van der Waals surface area contributed by atoms with Crippen molar-refractivity contribution in [2.45, 2.75) is 97.4 Å². The molecule has 4 rings (SSSR count). The third-order valence-electron chi connectivity index (χ3n) is 9.27. The summed E-state index contributed by atoms with van der Waals surface area (Å²) in [6.45, 7) is 13.4. The molecule has 6 atom stereocenters. The van der Waals surface area contributed by atoms with Gasteiger partial charge >= 0.3 is 5.97 Å². The van der Waals surface area contributed by atoms with Crippen LogP contribution in [0.25, 0.3) is 0 Å². The number of ether oxygens (including phenoxy) is 2. The van der Waals surface area contributed by atoms with E-state index in [0.29, 0.717) is 18.9 Å². The van der Waals surface area contributed by atoms with E-state index < -0.39 is 11.2 Å². The Hall–Kier alpha value is -0.870. The van der Waals surface area contributed by atoms with Crippen LogP contribution in [0.15, 0.2) is 11.1 Å². The average Bonchev–Trinajstić information content (AvgIpc) is 2.56. The summed E-state index contributed by atoms with van der Waals surface area (Å²) in [7, 11) is 0. The molecular formula is C23H36O4. The summed E-state index contributed by atoms with van der Waals surface area (Å²) in [5.41, 5.74) is 1.38. The molecule has 0 aromatic rings. The Bertz CT molecular complexity index is 694. The Morgan fingerprint density at radius 1 is 1.22 bits per heavy atom. The minimum absolute atomic E-state index is 0.0269. The molecule has 1 N–H and O–H groups in total. The van der Waals surface area contributed by atoms with Gasteiger partial charge in [-0.3, -0.25) is 4.79 Å². The van der Waals surface area contributed by atoms with Crippen LogP contribution in [0, 0.1) is 22.7 Å². The van der Waals surface area contributed by atoms with Crippen LogP contribution in [0.3, 0.4) is 0 Å². The Kier molecular flexibility index (Phi) is 4.19. The lowest BCUT2D eigenvalue weighted by Gasteiger charge is -2.66. The summed E-state index contributed by atoms with van der Waals surface area (Å²) in [4.78, 5) is 12.0. The first-order valence-corrected chi connectivity index (χ1v) is 10.7. The van der Waals surface area contributed by atoms with Crippen molar-refractivity contribution < 1.29 is 19.4 Å². The molecule has 0 spiro atoms. The monoisotopic (exact) mass is 376 g/mol. The van der Waals surface area contributed by atoms with Gasteiger partial charge in [0.15, 0.2) is 5.60 Å². The number of esters is 1. The van der Waals surface area contributed by atoms with Gasteiger partial charge in [-0.25, -0.2) is 0 Å². The van der Waals surface area contributed by atoms with E-state index in [9.17, 15) is 9.90 Å². The fourth-order valence-electron chi connectivity index (χ4n) is 7.00. The third kappa shape index (κ3) is 2.45. The SMILES string of the molecule is CC(=O)O[C@@]12CO[C@@H]1C[C@H](C)[C@@]1(C)CCC3=C(C)CC[C@@](O)(CC12)C3(C)C. The number of hydrogen-bond acceptors (Lipinski definition) is 4. The number of aliphatic hydroxyl groups is 1. The van der Waals surface area contributed by atoms with Gasteiger partial charge in [0.2, 0.25) is 0 Å². The van der Waals surface area contributed by atoms with E-state index in [1.807, 2.05) is 0 Å². The maximum Gasteiger partial charge on any atom is 0.303 e. The van der Waals surface area contributed by atoms with Crippen LogP contribution in [0.4, 0.5) is 0 Å². The second-order valence-corrected chi connectivity index (χ2v) is 10.7. The Morgan fingerprint density at radius 3 is 2.52 bits per heavy atom. The maximum atomic E-state index is 12.0. The van der Waals surface area contributed by atoms with Crippen molar-refractivity contribution in [1.29, 1.82) is 0 Å². The quantitative estimate of drug-likeness (QED) is 0.544. The first-order chi connectivity index (χ1) is 12.5. The minimum Gasteiger partial charge on any atom is -0.454 e. The van der Waals surface area contributed by atoms with Crippen LogP contribution in [0.5, 0.6) is 0 Å². The minimum atomic E-state index is -0.765. The third-order valence-corrected chi connectivity index (χ3v) is 9.27. The van der Waals surface area contributed by atoms with E-state index in [1.54, 1.807) is 0 Å². The van der Waals surface area contributed by atoms with Crippen molar-refractivity contribution >= 4 is 5.97 Å². The van der Waals surface area contributed by atoms with Crippen molar-refractivity contribution in [3.63, 3.8) is 0 Å². The number of hydrogen-bond donors (Lipinski definition) is 1. The van der Waals surface area contributed by atoms with Crippen molar-refractivity contribution in [3.8, 4) is 0 Å². The largest absolute Gasteiger partial charge is 0.454 e. The molecule has 0 radical (unpaired) electrons. The zero-order chi connectivity index (χ0) is 19.8. The van der Waals surface area contributed by atoms with Gasteiger partial charge in [-0.05, 0) is 56.8 Å². The van der Waals surface area contributed by atoms with E-state index in [1.165, 1.54) is 18.1 Å². The lowest BCUT2D eigenvalue weighted by molar-refractivity contribution is -0.325. The predicted octanol–water partition coefficient (Wildman–Crippen LogP) is 4.40. The van der Waals surface area contributed by atoms with Gasteiger partial charge in [-0.1, -0.05) is 38.8 Å². The normalized spacial score (nSPS) is 48.5. The molecule has 1 unspecified atom stereocenters. The van der Waals surface area contributed by atoms with Gasteiger partial charge < -0.3 is 14.6 Å². The fraction of sp³-hybridized carbons (Fsp3) is 0.870. The molecule has 0 aromatic carbocycles. The molecule has 4 nitrogen and oxygen atoms in total. The number of carbonyl (C=O) groups excluding carboxylic acids is 1. The van der Waals surface area contributed by atoms with E-state index in [-0.39, 0.29) is 28.8 Å². The highest BCUT2D eigenvalue weighted by Crippen LogP contribution is 2.65. The van der Waals surface area contributed by atoms with Gasteiger partial charge in [-0.2, -0.15) is 0 Å². The molecule has 1 aliphatic heterocycles. The second-order valence-electron chi connectivity index (χ2n) is 10.7. The van der Waals surface area contributed by atoms with Gasteiger partial charge in [-0.15, -0.1) is 0 Å². The summed E-state index contributed by atoms with van der Waals surface area (Å²) in [6.07, 6.45) is 5.46. The molecule has 2 saturated carbocycles. The van der Waals surface area contributed by atoms with Crippen molar-refractivity contribution in [2.24, 2.45) is 22.7 Å². The number of fused-ring (bicyclic) bond motifs is 5. The summed E-state index contributed by atoms with van der Waals surface area (Å²) in [5, 5.41) is 12.0. The average molecular weight is 377 g/mol. The van der Waals surface area contributed by atoms with E-state index >= 15 is 0 Å². The maximum absolute atomic E-state index is 12.0. The van der Waals surface area contributed by atoms with E-state index in [4.69, 9.17) is 9.47 Å². The highest BCUT2D eigenvalue weighted by molar-refractivity contribution is 5.67. The smallest absolute Gasteiger partial charge is 0.303 e. The summed E-state index contributed by atoms with van der Waals surface area (Å²) in [5.74, 6) is 0.372. The standard InChI is InChI=1S/C23H36O4/c1-14-7-10-22(25)12-18-21(6,9-8-17(14)20(22,4)5)15(2)11-19-23(18,13-26-19)27-16(3)24/h15,18-19,25H,7-13H2,1-6H3/t15-,18?,19+,21+,22+,23+/m0/s1. The Balaban J connectivity index is 1.83. The van der Waals surface area contributed by atoms with Crippen LogP contribution in [0.2, 0.25) is 0 Å². The van der Waals surface area contributed by atoms with Gasteiger partial charge in [0, 0.05) is 18.3 Å². The highest BCUT2D eigenvalue weighted by Gasteiger charge is 2.69. The molecule has 27 heavy (non-hydrogen) atoms. The van der Waals surface area contributed by atoms with Gasteiger partial charge in [0.1, 0.15) is 6.10 Å². The highest BCUT2D eigenvalue weighted by atomic mass is 16.6. The number of allylic oxidation sites excluding steroid dienone is 1. The van der Waals surface area contributed by atoms with Crippen LogP contribution >= 0.6 is 0 Å². The van der Waals surface area contributed by atoms with Crippen molar-refractivity contribution in [3.05, 3.63) is 11.1 Å². The first-order valence-electron chi connectivity index (χ1n) is 10.7. The van der Waals surface area contributed by atoms with Crippen LogP contribution in [0.1, 0.15) is 80.1 Å². The molecule has 3 fully saturated rings. The number of rotatable bonds is 1. The van der Waals surface area contributed by atoms with Gasteiger partial charge in [0.05, 0.1) is 12.2 Å². The molecule has 4 aliphatic rings. The zero-order valence-electron chi connectivity index (χ0n) is 17.9. The lowest BCUT2D eigenvalue weighted by Crippen LogP contribution is -2.73. The van der Waals surface area contributed by atoms with Gasteiger partial charge in [0.25, 0.3) is 0 Å². The Morgan fingerprint density at radius 2 is 1.93 bits per heavy atom. The number of carbonyl (C=O) groups is 1. The lowest BCUT2D eigenvalue weighted by atomic mass is 9.45. The topological polar surface area (TPSA) is 55.8 Å². The summed E-state index contributed by atoms with van der Waals surface area (Å²) in [6, 6.07) is 0. The van der Waals surface area contributed by atoms with Crippen LogP contribution < -0.4 is 0 Å². The van der Waals surface area contributed by atoms with E-state index in [2.05, 4.69) is 34.6 Å². The molecule has 4 heteroatoms. The Labute approximate surface area is 163 Å². The van der Waals surface area contributed by atoms with Crippen molar-refractivity contribution in [1.82, 2.24) is 0 Å². The molecule has 0 aromatic heterocycles. The molecule has 1 heterocycles. The van der Waals surface area contributed by atoms with Crippen molar-refractivity contribution in [2.75, 3.05) is 6.61 Å². The molecular weight excluding hydrogens is 340 g/mol. The first kappa shape index (κ1) is 19.4.